The Morgan fingerprint density at radius 1 is 1.16 bits per heavy atom. The minimum absolute atomic E-state index is 0. The Bertz CT molecular complexity index is 629. The average Bonchev–Trinajstić information content (AvgIpc) is 3.09. The molecule has 0 saturated heterocycles. The van der Waals surface area contributed by atoms with Crippen LogP contribution in [0.15, 0.2) is 46.8 Å². The third-order valence-electron chi connectivity index (χ3n) is 3.35. The lowest BCUT2D eigenvalue weighted by Crippen LogP contribution is -2.36. The zero-order valence-electron chi connectivity index (χ0n) is 15.1. The van der Waals surface area contributed by atoms with E-state index in [-0.39, 0.29) is 30.1 Å². The molecule has 0 radical (unpaired) electrons. The molecule has 2 N–H and O–H groups in total. The second-order valence-electron chi connectivity index (χ2n) is 5.81. The maximum Gasteiger partial charge on any atom is 0.191 e. The van der Waals surface area contributed by atoms with Crippen LogP contribution in [0.1, 0.15) is 36.8 Å². The van der Waals surface area contributed by atoms with Gasteiger partial charge < -0.3 is 15.4 Å². The molecule has 0 aliphatic carbocycles. The van der Waals surface area contributed by atoms with Crippen LogP contribution in [0.3, 0.4) is 0 Å². The molecule has 0 bridgehead atoms. The quantitative estimate of drug-likeness (QED) is 0.336. The Morgan fingerprint density at radius 3 is 2.64 bits per heavy atom. The van der Waals surface area contributed by atoms with Crippen molar-refractivity contribution in [2.45, 2.75) is 46.6 Å². The monoisotopic (exact) mass is 473 g/mol. The molecule has 4 nitrogen and oxygen atoms in total. The van der Waals surface area contributed by atoms with Crippen molar-refractivity contribution in [2.75, 3.05) is 6.54 Å². The number of aliphatic imine (C=N–C) groups is 1. The molecular formula is C19H28IN3OS. The number of nitrogens with zero attached hydrogens (tertiary/aromatic N) is 1. The fraction of sp³-hybridized carbons (Fsp3) is 0.421. The summed E-state index contributed by atoms with van der Waals surface area (Å²) < 4.78 is 5.67. The zero-order valence-corrected chi connectivity index (χ0v) is 18.3. The van der Waals surface area contributed by atoms with Crippen molar-refractivity contribution >= 4 is 41.3 Å². The van der Waals surface area contributed by atoms with Crippen LogP contribution >= 0.6 is 35.3 Å². The van der Waals surface area contributed by atoms with Crippen LogP contribution in [0.25, 0.3) is 0 Å². The van der Waals surface area contributed by atoms with Crippen LogP contribution in [-0.4, -0.2) is 18.6 Å². The third-order valence-corrected chi connectivity index (χ3v) is 4.23. The Morgan fingerprint density at radius 2 is 1.96 bits per heavy atom. The molecule has 0 aliphatic heterocycles. The summed E-state index contributed by atoms with van der Waals surface area (Å²) in [5, 5.41) is 8.75. The Labute approximate surface area is 172 Å². The standard InChI is InChI=1S/C19H27N3OS.HI/c1-4-20-19(22-13-18-9-6-10-24-18)21-12-16-7-5-8-17(11-16)14-23-15(2)3;/h5-11,15H,4,12-14H2,1-3H3,(H2,20,21,22);1H. The molecule has 25 heavy (non-hydrogen) atoms. The zero-order chi connectivity index (χ0) is 17.2. The molecule has 0 saturated carbocycles. The molecule has 0 aliphatic rings. The van der Waals surface area contributed by atoms with Gasteiger partial charge in [-0.3, -0.25) is 0 Å². The first kappa shape index (κ1) is 21.9. The van der Waals surface area contributed by atoms with Gasteiger partial charge in [0, 0.05) is 11.4 Å². The number of halogens is 1. The van der Waals surface area contributed by atoms with E-state index in [0.29, 0.717) is 13.2 Å². The van der Waals surface area contributed by atoms with Gasteiger partial charge in [0.15, 0.2) is 5.96 Å². The molecule has 2 rings (SSSR count). The van der Waals surface area contributed by atoms with Gasteiger partial charge in [-0.05, 0) is 43.3 Å². The van der Waals surface area contributed by atoms with Gasteiger partial charge in [-0.1, -0.05) is 30.3 Å². The Kier molecular flexibility index (Phi) is 10.8. The molecule has 138 valence electrons. The third kappa shape index (κ3) is 8.69. The van der Waals surface area contributed by atoms with E-state index in [0.717, 1.165) is 19.0 Å². The maximum atomic E-state index is 5.67. The summed E-state index contributed by atoms with van der Waals surface area (Å²) in [5.74, 6) is 0.842. The minimum atomic E-state index is 0. The summed E-state index contributed by atoms with van der Waals surface area (Å²) in [6.07, 6.45) is 0.244. The molecule has 0 amide bonds. The predicted octanol–water partition coefficient (Wildman–Crippen LogP) is 4.55. The largest absolute Gasteiger partial charge is 0.374 e. The number of guanidine groups is 1. The molecule has 1 aromatic carbocycles. The van der Waals surface area contributed by atoms with E-state index in [1.807, 2.05) is 0 Å². The van der Waals surface area contributed by atoms with Gasteiger partial charge in [-0.15, -0.1) is 35.3 Å². The van der Waals surface area contributed by atoms with Crippen molar-refractivity contribution in [1.82, 2.24) is 10.6 Å². The first-order valence-electron chi connectivity index (χ1n) is 8.41. The van der Waals surface area contributed by atoms with Crippen molar-refractivity contribution < 1.29 is 4.74 Å². The summed E-state index contributed by atoms with van der Waals surface area (Å²) in [5.41, 5.74) is 2.38. The summed E-state index contributed by atoms with van der Waals surface area (Å²) in [4.78, 5) is 5.98. The SMILES string of the molecule is CCNC(=NCc1cccc(COC(C)C)c1)NCc1cccs1.I. The molecule has 1 heterocycles. The first-order valence-corrected chi connectivity index (χ1v) is 9.29. The summed E-state index contributed by atoms with van der Waals surface area (Å²) >= 11 is 1.75. The highest BCUT2D eigenvalue weighted by atomic mass is 127. The van der Waals surface area contributed by atoms with Gasteiger partial charge in [0.2, 0.25) is 0 Å². The van der Waals surface area contributed by atoms with E-state index in [4.69, 9.17) is 4.74 Å². The molecule has 0 atom stereocenters. The molecule has 6 heteroatoms. The van der Waals surface area contributed by atoms with E-state index < -0.39 is 0 Å². The van der Waals surface area contributed by atoms with Crippen LogP contribution in [-0.2, 0) is 24.4 Å². The summed E-state index contributed by atoms with van der Waals surface area (Å²) in [6.45, 7) is 9.12. The lowest BCUT2D eigenvalue weighted by molar-refractivity contribution is 0.0657. The van der Waals surface area contributed by atoms with Gasteiger partial charge in [0.1, 0.15) is 0 Å². The Hall–Kier alpha value is -1.12. The maximum absolute atomic E-state index is 5.67. The summed E-state index contributed by atoms with van der Waals surface area (Å²) in [6, 6.07) is 12.6. The van der Waals surface area contributed by atoms with Crippen LogP contribution in [0.2, 0.25) is 0 Å². The van der Waals surface area contributed by atoms with E-state index in [2.05, 4.69) is 78.2 Å². The van der Waals surface area contributed by atoms with Crippen LogP contribution in [0, 0.1) is 0 Å². The lowest BCUT2D eigenvalue weighted by atomic mass is 10.1. The molecule has 2 aromatic rings. The van der Waals surface area contributed by atoms with Crippen molar-refractivity contribution in [3.8, 4) is 0 Å². The van der Waals surface area contributed by atoms with E-state index in [1.54, 1.807) is 11.3 Å². The number of rotatable bonds is 8. The van der Waals surface area contributed by atoms with Crippen molar-refractivity contribution in [3.63, 3.8) is 0 Å². The average molecular weight is 473 g/mol. The topological polar surface area (TPSA) is 45.7 Å². The van der Waals surface area contributed by atoms with E-state index in [9.17, 15) is 0 Å². The number of hydrogen-bond donors (Lipinski definition) is 2. The van der Waals surface area contributed by atoms with E-state index in [1.165, 1.54) is 16.0 Å². The number of thiophene rings is 1. The number of nitrogens with one attached hydrogen (secondary N) is 2. The van der Waals surface area contributed by atoms with Gasteiger partial charge in [0.25, 0.3) is 0 Å². The second kappa shape index (κ2) is 12.3. The molecule has 0 unspecified atom stereocenters. The highest BCUT2D eigenvalue weighted by Crippen LogP contribution is 2.10. The number of ether oxygens (including phenoxy) is 1. The lowest BCUT2D eigenvalue weighted by Gasteiger charge is -2.11. The Balaban J connectivity index is 0.00000312. The normalized spacial score (nSPS) is 11.3. The van der Waals surface area contributed by atoms with Gasteiger partial charge >= 0.3 is 0 Å². The predicted molar refractivity (Wildman–Crippen MR) is 118 cm³/mol. The van der Waals surface area contributed by atoms with E-state index >= 15 is 0 Å². The molecular weight excluding hydrogens is 445 g/mol. The van der Waals surface area contributed by atoms with Crippen LogP contribution in [0.4, 0.5) is 0 Å². The van der Waals surface area contributed by atoms with Crippen molar-refractivity contribution in [1.29, 1.82) is 0 Å². The van der Waals surface area contributed by atoms with Gasteiger partial charge in [-0.25, -0.2) is 4.99 Å². The highest BCUT2D eigenvalue weighted by molar-refractivity contribution is 14.0. The second-order valence-corrected chi connectivity index (χ2v) is 6.84. The van der Waals surface area contributed by atoms with Crippen molar-refractivity contribution in [2.24, 2.45) is 4.99 Å². The first-order chi connectivity index (χ1) is 11.7. The summed E-state index contributed by atoms with van der Waals surface area (Å²) in [7, 11) is 0. The number of hydrogen-bond acceptors (Lipinski definition) is 3. The molecule has 0 spiro atoms. The van der Waals surface area contributed by atoms with Crippen molar-refractivity contribution in [3.05, 3.63) is 57.8 Å². The van der Waals surface area contributed by atoms with Gasteiger partial charge in [0.05, 0.1) is 25.8 Å². The van der Waals surface area contributed by atoms with Gasteiger partial charge in [-0.2, -0.15) is 0 Å². The fourth-order valence-electron chi connectivity index (χ4n) is 2.18. The molecule has 1 aromatic heterocycles. The highest BCUT2D eigenvalue weighted by Gasteiger charge is 2.01. The van der Waals surface area contributed by atoms with Crippen LogP contribution < -0.4 is 10.6 Å². The molecule has 0 fully saturated rings. The minimum Gasteiger partial charge on any atom is -0.374 e. The fourth-order valence-corrected chi connectivity index (χ4v) is 2.82. The van der Waals surface area contributed by atoms with Crippen LogP contribution in [0.5, 0.6) is 0 Å². The number of benzene rings is 1. The smallest absolute Gasteiger partial charge is 0.191 e.